The molecule has 17 heavy (non-hydrogen) atoms. The maximum absolute atomic E-state index is 11.9. The van der Waals surface area contributed by atoms with Gasteiger partial charge in [-0.15, -0.1) is 0 Å². The molecule has 0 bridgehead atoms. The third-order valence-corrected chi connectivity index (χ3v) is 3.92. The summed E-state index contributed by atoms with van der Waals surface area (Å²) in [5.74, 6) is 0.337. The molecule has 4 heteroatoms. The molecule has 0 fully saturated rings. The van der Waals surface area contributed by atoms with E-state index in [0.29, 0.717) is 11.3 Å². The highest BCUT2D eigenvalue weighted by Gasteiger charge is 2.40. The number of furan rings is 1. The molecule has 2 aromatic rings. The molecule has 0 radical (unpaired) electrons. The predicted octanol–water partition coefficient (Wildman–Crippen LogP) is 3.42. The number of carbonyl (C=O) groups is 1. The SMILES string of the molecule is CC1(c2ccco2)OC(=O)c2ccccc2S1. The number of rotatable bonds is 1. The summed E-state index contributed by atoms with van der Waals surface area (Å²) in [6.07, 6.45) is 1.58. The van der Waals surface area contributed by atoms with Crippen LogP contribution in [0.4, 0.5) is 0 Å². The molecule has 1 unspecified atom stereocenters. The molecule has 0 saturated heterocycles. The van der Waals surface area contributed by atoms with Gasteiger partial charge in [-0.25, -0.2) is 4.79 Å². The van der Waals surface area contributed by atoms with E-state index < -0.39 is 4.93 Å². The van der Waals surface area contributed by atoms with Crippen molar-refractivity contribution in [1.82, 2.24) is 0 Å². The van der Waals surface area contributed by atoms with Crippen molar-refractivity contribution >= 4 is 17.7 Å². The fourth-order valence-corrected chi connectivity index (χ4v) is 2.99. The highest BCUT2D eigenvalue weighted by molar-refractivity contribution is 8.00. The van der Waals surface area contributed by atoms with Crippen LogP contribution in [0.1, 0.15) is 23.0 Å². The van der Waals surface area contributed by atoms with E-state index in [1.54, 1.807) is 18.4 Å². The molecular weight excluding hydrogens is 236 g/mol. The van der Waals surface area contributed by atoms with Crippen LogP contribution < -0.4 is 0 Å². The molecular formula is C13H10O3S. The van der Waals surface area contributed by atoms with Crippen LogP contribution in [0, 0.1) is 0 Å². The van der Waals surface area contributed by atoms with Crippen LogP contribution in [0.15, 0.2) is 52.0 Å². The topological polar surface area (TPSA) is 39.4 Å². The number of hydrogen-bond donors (Lipinski definition) is 0. The van der Waals surface area contributed by atoms with Gasteiger partial charge >= 0.3 is 5.97 Å². The normalized spacial score (nSPS) is 23.0. The van der Waals surface area contributed by atoms with Crippen LogP contribution in [0.2, 0.25) is 0 Å². The Bertz CT molecular complexity index is 562. The first-order chi connectivity index (χ1) is 8.19. The van der Waals surface area contributed by atoms with Gasteiger partial charge in [-0.3, -0.25) is 0 Å². The van der Waals surface area contributed by atoms with E-state index in [1.807, 2.05) is 31.2 Å². The molecule has 0 aliphatic carbocycles. The first-order valence-electron chi connectivity index (χ1n) is 5.24. The van der Waals surface area contributed by atoms with Gasteiger partial charge in [0.05, 0.1) is 11.8 Å². The molecule has 1 aliphatic rings. The average molecular weight is 246 g/mol. The zero-order valence-corrected chi connectivity index (χ0v) is 9.99. The molecule has 0 amide bonds. The van der Waals surface area contributed by atoms with Gasteiger partial charge in [0.1, 0.15) is 0 Å². The summed E-state index contributed by atoms with van der Waals surface area (Å²) in [7, 11) is 0. The van der Waals surface area contributed by atoms with Crippen LogP contribution in [0.25, 0.3) is 0 Å². The van der Waals surface area contributed by atoms with Crippen LogP contribution >= 0.6 is 11.8 Å². The van der Waals surface area contributed by atoms with Crippen molar-refractivity contribution < 1.29 is 13.9 Å². The number of ether oxygens (including phenoxy) is 1. The molecule has 0 saturated carbocycles. The summed E-state index contributed by atoms with van der Waals surface area (Å²) >= 11 is 1.48. The van der Waals surface area contributed by atoms with Gasteiger partial charge in [-0.1, -0.05) is 23.9 Å². The van der Waals surface area contributed by atoms with E-state index in [2.05, 4.69) is 0 Å². The van der Waals surface area contributed by atoms with Gasteiger partial charge in [0.25, 0.3) is 0 Å². The number of carbonyl (C=O) groups excluding carboxylic acids is 1. The molecule has 1 aromatic heterocycles. The Hall–Kier alpha value is -1.68. The minimum atomic E-state index is -0.783. The van der Waals surface area contributed by atoms with Crippen LogP contribution in [0.3, 0.4) is 0 Å². The monoisotopic (exact) mass is 246 g/mol. The molecule has 1 aliphatic heterocycles. The lowest BCUT2D eigenvalue weighted by molar-refractivity contribution is 0.0154. The fourth-order valence-electron chi connectivity index (χ4n) is 1.82. The molecule has 0 spiro atoms. The van der Waals surface area contributed by atoms with Crippen molar-refractivity contribution in [3.8, 4) is 0 Å². The standard InChI is InChI=1S/C13H10O3S/c1-13(11-7-4-8-15-11)16-12(14)9-5-2-3-6-10(9)17-13/h2-8H,1H3. The summed E-state index contributed by atoms with van der Waals surface area (Å²) in [4.78, 5) is 12.1. The van der Waals surface area contributed by atoms with Crippen molar-refractivity contribution in [3.63, 3.8) is 0 Å². The van der Waals surface area contributed by atoms with E-state index in [-0.39, 0.29) is 5.97 Å². The summed E-state index contributed by atoms with van der Waals surface area (Å²) in [5, 5.41) is 0. The van der Waals surface area contributed by atoms with Crippen molar-refractivity contribution in [2.24, 2.45) is 0 Å². The van der Waals surface area contributed by atoms with Gasteiger partial charge in [-0.2, -0.15) is 0 Å². The Balaban J connectivity index is 2.07. The molecule has 0 N–H and O–H groups in total. The Labute approximate surface area is 103 Å². The van der Waals surface area contributed by atoms with Crippen molar-refractivity contribution in [1.29, 1.82) is 0 Å². The lowest BCUT2D eigenvalue weighted by atomic mass is 10.2. The Morgan fingerprint density at radius 2 is 2.00 bits per heavy atom. The lowest BCUT2D eigenvalue weighted by Gasteiger charge is -2.31. The Morgan fingerprint density at radius 3 is 2.76 bits per heavy atom. The van der Waals surface area contributed by atoms with Crippen LogP contribution in [0.5, 0.6) is 0 Å². The van der Waals surface area contributed by atoms with Gasteiger partial charge in [0.15, 0.2) is 5.76 Å². The maximum Gasteiger partial charge on any atom is 0.341 e. The minimum absolute atomic E-state index is 0.307. The first-order valence-corrected chi connectivity index (χ1v) is 6.06. The van der Waals surface area contributed by atoms with Gasteiger partial charge < -0.3 is 9.15 Å². The van der Waals surface area contributed by atoms with Crippen molar-refractivity contribution in [2.75, 3.05) is 0 Å². The third kappa shape index (κ3) is 1.65. The highest BCUT2D eigenvalue weighted by Crippen LogP contribution is 2.47. The minimum Gasteiger partial charge on any atom is -0.464 e. The molecule has 3 nitrogen and oxygen atoms in total. The zero-order chi connectivity index (χ0) is 11.9. The van der Waals surface area contributed by atoms with Crippen molar-refractivity contribution in [2.45, 2.75) is 16.8 Å². The predicted molar refractivity (Wildman–Crippen MR) is 63.8 cm³/mol. The smallest absolute Gasteiger partial charge is 0.341 e. The van der Waals surface area contributed by atoms with E-state index in [1.165, 1.54) is 11.8 Å². The second kappa shape index (κ2) is 3.67. The van der Waals surface area contributed by atoms with E-state index in [9.17, 15) is 4.79 Å². The Kier molecular flexibility index (Phi) is 2.26. The highest BCUT2D eigenvalue weighted by atomic mass is 32.2. The van der Waals surface area contributed by atoms with Crippen molar-refractivity contribution in [3.05, 3.63) is 54.0 Å². The molecule has 2 heterocycles. The second-order valence-corrected chi connectivity index (χ2v) is 5.33. The number of thioether (sulfide) groups is 1. The Morgan fingerprint density at radius 1 is 1.18 bits per heavy atom. The fraction of sp³-hybridized carbons (Fsp3) is 0.154. The number of fused-ring (bicyclic) bond motifs is 1. The lowest BCUT2D eigenvalue weighted by Crippen LogP contribution is -2.29. The third-order valence-electron chi connectivity index (χ3n) is 2.67. The van der Waals surface area contributed by atoms with E-state index in [4.69, 9.17) is 9.15 Å². The first kappa shape index (κ1) is 10.5. The van der Waals surface area contributed by atoms with Crippen LogP contribution in [-0.2, 0) is 9.67 Å². The van der Waals surface area contributed by atoms with Gasteiger partial charge in [0.2, 0.25) is 4.93 Å². The largest absolute Gasteiger partial charge is 0.464 e. The van der Waals surface area contributed by atoms with E-state index in [0.717, 1.165) is 4.90 Å². The maximum atomic E-state index is 11.9. The van der Waals surface area contributed by atoms with Gasteiger partial charge in [0, 0.05) is 4.90 Å². The summed E-state index contributed by atoms with van der Waals surface area (Å²) < 4.78 is 10.8. The number of benzene rings is 1. The molecule has 1 aromatic carbocycles. The summed E-state index contributed by atoms with van der Waals surface area (Å²) in [6, 6.07) is 11.0. The average Bonchev–Trinajstić information content (AvgIpc) is 2.83. The summed E-state index contributed by atoms with van der Waals surface area (Å²) in [6.45, 7) is 1.84. The quantitative estimate of drug-likeness (QED) is 0.723. The molecule has 86 valence electrons. The molecule has 1 atom stereocenters. The zero-order valence-electron chi connectivity index (χ0n) is 9.17. The number of hydrogen-bond acceptors (Lipinski definition) is 4. The number of esters is 1. The van der Waals surface area contributed by atoms with Gasteiger partial charge in [-0.05, 0) is 31.2 Å². The van der Waals surface area contributed by atoms with E-state index >= 15 is 0 Å². The summed E-state index contributed by atoms with van der Waals surface area (Å²) in [5.41, 5.74) is 0.613. The number of cyclic esters (lactones) is 1. The molecule has 3 rings (SSSR count). The second-order valence-electron chi connectivity index (χ2n) is 3.91. The van der Waals surface area contributed by atoms with Crippen LogP contribution in [-0.4, -0.2) is 5.97 Å².